The number of rotatable bonds is 3. The van der Waals surface area contributed by atoms with E-state index in [1.165, 1.54) is 0 Å². The Morgan fingerprint density at radius 1 is 1.50 bits per heavy atom. The molecule has 1 heterocycles. The van der Waals surface area contributed by atoms with E-state index in [1.807, 2.05) is 19.1 Å². The molecule has 2 aliphatic rings. The number of carbonyl (C=O) groups is 1. The second-order valence-electron chi connectivity index (χ2n) is 6.50. The number of nitrogens with one attached hydrogen (secondary N) is 2. The quantitative estimate of drug-likeness (QED) is 0.812. The molecule has 5 nitrogen and oxygen atoms in total. The summed E-state index contributed by atoms with van der Waals surface area (Å²) < 4.78 is 0. The normalized spacial score (nSPS) is 33.0. The van der Waals surface area contributed by atoms with Gasteiger partial charge in [0.25, 0.3) is 0 Å². The lowest BCUT2D eigenvalue weighted by Gasteiger charge is -2.27. The first-order valence-electron chi connectivity index (χ1n) is 7.66. The fourth-order valence-corrected chi connectivity index (χ4v) is 4.21. The maximum Gasteiger partial charge on any atom is 0.219 e. The monoisotopic (exact) mass is 319 g/mol. The van der Waals surface area contributed by atoms with Gasteiger partial charge in [0.2, 0.25) is 5.91 Å². The van der Waals surface area contributed by atoms with Crippen molar-refractivity contribution >= 4 is 28.4 Å². The summed E-state index contributed by atoms with van der Waals surface area (Å²) in [5.74, 6) is 0.811. The third-order valence-electron chi connectivity index (χ3n) is 5.15. The molecule has 2 aliphatic carbocycles. The van der Waals surface area contributed by atoms with E-state index in [1.54, 1.807) is 6.20 Å². The van der Waals surface area contributed by atoms with Crippen molar-refractivity contribution in [3.05, 3.63) is 28.9 Å². The molecule has 2 fully saturated rings. The zero-order valence-electron chi connectivity index (χ0n) is 12.3. The minimum atomic E-state index is -0.879. The molecule has 0 spiro atoms. The molecule has 4 atom stereocenters. The van der Waals surface area contributed by atoms with Crippen molar-refractivity contribution in [3.63, 3.8) is 0 Å². The van der Waals surface area contributed by atoms with E-state index in [9.17, 15) is 9.90 Å². The highest BCUT2D eigenvalue weighted by Gasteiger charge is 2.62. The number of amides is 1. The molecule has 0 unspecified atom stereocenters. The van der Waals surface area contributed by atoms with Gasteiger partial charge in [0.1, 0.15) is 0 Å². The van der Waals surface area contributed by atoms with E-state index in [-0.39, 0.29) is 11.9 Å². The molecule has 1 aromatic carbocycles. The number of hydrogen-bond donors (Lipinski definition) is 3. The SMILES string of the molecule is CCC(=O)N[C@H]1[C@@H]2C[C@](O)(c3cc(Cl)cc4[nH]ncc34)C[C@@H]21. The van der Waals surface area contributed by atoms with E-state index >= 15 is 0 Å². The largest absolute Gasteiger partial charge is 0.385 e. The summed E-state index contributed by atoms with van der Waals surface area (Å²) >= 11 is 6.17. The number of carbonyl (C=O) groups excluding carboxylic acids is 1. The molecule has 2 aromatic rings. The maximum atomic E-state index is 11.5. The van der Waals surface area contributed by atoms with Gasteiger partial charge < -0.3 is 10.4 Å². The first-order chi connectivity index (χ1) is 10.5. The Morgan fingerprint density at radius 2 is 2.23 bits per heavy atom. The average Bonchev–Trinajstić information content (AvgIpc) is 2.86. The predicted molar refractivity (Wildman–Crippen MR) is 83.4 cm³/mol. The molecule has 2 saturated carbocycles. The number of benzene rings is 1. The van der Waals surface area contributed by atoms with Crippen LogP contribution in [0.3, 0.4) is 0 Å². The number of H-pyrrole nitrogens is 1. The maximum absolute atomic E-state index is 11.5. The van der Waals surface area contributed by atoms with Gasteiger partial charge in [-0.05, 0) is 42.4 Å². The fourth-order valence-electron chi connectivity index (χ4n) is 3.99. The lowest BCUT2D eigenvalue weighted by atomic mass is 9.86. The number of hydrogen-bond acceptors (Lipinski definition) is 3. The number of fused-ring (bicyclic) bond motifs is 2. The highest BCUT2D eigenvalue weighted by Crippen LogP contribution is 2.60. The van der Waals surface area contributed by atoms with Gasteiger partial charge >= 0.3 is 0 Å². The van der Waals surface area contributed by atoms with Crippen LogP contribution in [0.4, 0.5) is 0 Å². The molecule has 1 aromatic heterocycles. The molecule has 0 bridgehead atoms. The number of aromatic nitrogens is 2. The smallest absolute Gasteiger partial charge is 0.219 e. The Bertz CT molecular complexity index is 745. The zero-order valence-corrected chi connectivity index (χ0v) is 13.0. The first kappa shape index (κ1) is 14.0. The van der Waals surface area contributed by atoms with Gasteiger partial charge in [-0.1, -0.05) is 18.5 Å². The van der Waals surface area contributed by atoms with Crippen LogP contribution in [0.25, 0.3) is 10.9 Å². The summed E-state index contributed by atoms with van der Waals surface area (Å²) in [5, 5.41) is 22.6. The molecule has 0 radical (unpaired) electrons. The molecule has 6 heteroatoms. The Kier molecular flexibility index (Phi) is 3.00. The lowest BCUT2D eigenvalue weighted by Crippen LogP contribution is -2.33. The van der Waals surface area contributed by atoms with Gasteiger partial charge in [-0.3, -0.25) is 9.89 Å². The molecule has 22 heavy (non-hydrogen) atoms. The van der Waals surface area contributed by atoms with E-state index in [0.717, 1.165) is 16.5 Å². The van der Waals surface area contributed by atoms with Crippen molar-refractivity contribution in [1.29, 1.82) is 0 Å². The lowest BCUT2D eigenvalue weighted by molar-refractivity contribution is -0.121. The van der Waals surface area contributed by atoms with Crippen molar-refractivity contribution in [2.24, 2.45) is 11.8 Å². The third-order valence-corrected chi connectivity index (χ3v) is 5.37. The van der Waals surface area contributed by atoms with Crippen molar-refractivity contribution in [3.8, 4) is 0 Å². The number of aromatic amines is 1. The standard InChI is InChI=1S/C16H18ClN3O2/c1-2-14(21)19-15-9-5-16(22,6-10(9)15)12-3-8(17)4-13-11(12)7-18-20-13/h3-4,7,9-10,15,22H,2,5-6H2,1H3,(H,18,20)(H,19,21)/t9-,10+,15+,16-. The van der Waals surface area contributed by atoms with Gasteiger partial charge in [-0.15, -0.1) is 0 Å². The van der Waals surface area contributed by atoms with Crippen LogP contribution in [0.15, 0.2) is 18.3 Å². The van der Waals surface area contributed by atoms with E-state index in [4.69, 9.17) is 11.6 Å². The zero-order chi connectivity index (χ0) is 15.5. The van der Waals surface area contributed by atoms with Gasteiger partial charge in [0, 0.05) is 22.9 Å². The summed E-state index contributed by atoms with van der Waals surface area (Å²) in [6.07, 6.45) is 3.56. The highest BCUT2D eigenvalue weighted by molar-refractivity contribution is 6.31. The molecule has 0 saturated heterocycles. The minimum Gasteiger partial charge on any atom is -0.385 e. The average molecular weight is 320 g/mol. The molecular weight excluding hydrogens is 302 g/mol. The molecule has 116 valence electrons. The van der Waals surface area contributed by atoms with Gasteiger partial charge in [-0.25, -0.2) is 0 Å². The van der Waals surface area contributed by atoms with Crippen LogP contribution < -0.4 is 5.32 Å². The van der Waals surface area contributed by atoms with Gasteiger partial charge in [0.15, 0.2) is 0 Å². The Balaban J connectivity index is 1.60. The number of aliphatic hydroxyl groups is 1. The minimum absolute atomic E-state index is 0.0860. The second-order valence-corrected chi connectivity index (χ2v) is 6.94. The van der Waals surface area contributed by atoms with Gasteiger partial charge in [0.05, 0.1) is 17.3 Å². The van der Waals surface area contributed by atoms with Crippen molar-refractivity contribution in [2.75, 3.05) is 0 Å². The summed E-state index contributed by atoms with van der Waals surface area (Å²) in [5.41, 5.74) is 0.805. The molecule has 1 amide bonds. The van der Waals surface area contributed by atoms with Crippen LogP contribution in [-0.4, -0.2) is 27.3 Å². The van der Waals surface area contributed by atoms with Crippen molar-refractivity contribution < 1.29 is 9.90 Å². The van der Waals surface area contributed by atoms with Crippen LogP contribution >= 0.6 is 11.6 Å². The van der Waals surface area contributed by atoms with E-state index in [2.05, 4.69) is 15.5 Å². The number of nitrogens with zero attached hydrogens (tertiary/aromatic N) is 1. The van der Waals surface area contributed by atoms with Crippen molar-refractivity contribution in [1.82, 2.24) is 15.5 Å². The summed E-state index contributed by atoms with van der Waals surface area (Å²) in [6.45, 7) is 1.85. The van der Waals surface area contributed by atoms with Crippen LogP contribution in [0.1, 0.15) is 31.7 Å². The second kappa shape index (κ2) is 4.70. The summed E-state index contributed by atoms with van der Waals surface area (Å²) in [4.78, 5) is 11.5. The summed E-state index contributed by atoms with van der Waals surface area (Å²) in [7, 11) is 0. The highest BCUT2D eigenvalue weighted by atomic mass is 35.5. The van der Waals surface area contributed by atoms with Crippen LogP contribution in [0, 0.1) is 11.8 Å². The summed E-state index contributed by atoms with van der Waals surface area (Å²) in [6, 6.07) is 3.88. The van der Waals surface area contributed by atoms with Gasteiger partial charge in [-0.2, -0.15) is 5.10 Å². The first-order valence-corrected chi connectivity index (χ1v) is 8.04. The Labute approximate surface area is 133 Å². The predicted octanol–water partition coefficient (Wildman–Crippen LogP) is 2.34. The third kappa shape index (κ3) is 2.03. The van der Waals surface area contributed by atoms with E-state index in [0.29, 0.717) is 36.1 Å². The molecule has 4 rings (SSSR count). The van der Waals surface area contributed by atoms with Crippen LogP contribution in [-0.2, 0) is 10.4 Å². The van der Waals surface area contributed by atoms with Crippen molar-refractivity contribution in [2.45, 2.75) is 37.8 Å². The molecular formula is C16H18ClN3O2. The Hall–Kier alpha value is -1.59. The fraction of sp³-hybridized carbons (Fsp3) is 0.500. The van der Waals surface area contributed by atoms with E-state index < -0.39 is 5.60 Å². The Morgan fingerprint density at radius 3 is 2.91 bits per heavy atom. The topological polar surface area (TPSA) is 78.0 Å². The molecule has 3 N–H and O–H groups in total. The molecule has 0 aliphatic heterocycles. The van der Waals surface area contributed by atoms with Crippen LogP contribution in [0.2, 0.25) is 5.02 Å². The number of halogens is 1. The van der Waals surface area contributed by atoms with Crippen LogP contribution in [0.5, 0.6) is 0 Å².